The SMILES string of the molecule is O=C1c2ccccc2C(=O)c2c(SSS)cccc21. The molecule has 0 heterocycles. The minimum absolute atomic E-state index is 0.0863. The lowest BCUT2D eigenvalue weighted by molar-refractivity contribution is 0.0977. The van der Waals surface area contributed by atoms with E-state index >= 15 is 0 Å². The van der Waals surface area contributed by atoms with E-state index in [1.807, 2.05) is 6.07 Å². The third kappa shape index (κ3) is 2.02. The first-order valence-corrected chi connectivity index (χ1v) is 8.74. The van der Waals surface area contributed by atoms with Crippen LogP contribution in [0.1, 0.15) is 31.8 Å². The maximum atomic E-state index is 12.5. The van der Waals surface area contributed by atoms with Crippen LogP contribution in [0.3, 0.4) is 0 Å². The summed E-state index contributed by atoms with van der Waals surface area (Å²) in [6, 6.07) is 12.3. The molecule has 94 valence electrons. The van der Waals surface area contributed by atoms with E-state index in [-0.39, 0.29) is 11.6 Å². The highest BCUT2D eigenvalue weighted by molar-refractivity contribution is 9.05. The molecule has 0 spiro atoms. The average molecular weight is 304 g/mol. The Morgan fingerprint density at radius 2 is 1.42 bits per heavy atom. The van der Waals surface area contributed by atoms with Crippen molar-refractivity contribution in [3.05, 3.63) is 64.7 Å². The van der Waals surface area contributed by atoms with Crippen LogP contribution in [0, 0.1) is 0 Å². The highest BCUT2D eigenvalue weighted by Gasteiger charge is 2.31. The zero-order chi connectivity index (χ0) is 13.4. The standard InChI is InChI=1S/C14H8O2S3/c15-13-8-4-1-2-5-9(8)14(16)12-10(13)6-3-7-11(12)18-19-17/h1-7,17H. The Morgan fingerprint density at radius 3 is 2.11 bits per heavy atom. The molecule has 0 bridgehead atoms. The molecule has 0 fully saturated rings. The van der Waals surface area contributed by atoms with E-state index in [4.69, 9.17) is 0 Å². The quantitative estimate of drug-likeness (QED) is 0.572. The van der Waals surface area contributed by atoms with Gasteiger partial charge in [0.1, 0.15) is 0 Å². The van der Waals surface area contributed by atoms with Crippen molar-refractivity contribution in [3.8, 4) is 0 Å². The van der Waals surface area contributed by atoms with Crippen LogP contribution in [0.4, 0.5) is 0 Å². The normalized spacial score (nSPS) is 13.1. The highest BCUT2D eigenvalue weighted by Crippen LogP contribution is 2.40. The van der Waals surface area contributed by atoms with E-state index in [2.05, 4.69) is 11.7 Å². The van der Waals surface area contributed by atoms with Crippen LogP contribution in [0.2, 0.25) is 0 Å². The van der Waals surface area contributed by atoms with Gasteiger partial charge >= 0.3 is 0 Å². The van der Waals surface area contributed by atoms with Gasteiger partial charge in [-0.1, -0.05) is 48.1 Å². The molecule has 0 saturated heterocycles. The summed E-state index contributed by atoms with van der Waals surface area (Å²) in [5, 5.41) is 0. The van der Waals surface area contributed by atoms with Crippen LogP contribution < -0.4 is 0 Å². The maximum absolute atomic E-state index is 12.5. The number of hydrogen-bond donors (Lipinski definition) is 1. The van der Waals surface area contributed by atoms with Gasteiger partial charge in [-0.15, -0.1) is 0 Å². The van der Waals surface area contributed by atoms with Gasteiger partial charge in [0.25, 0.3) is 0 Å². The number of carbonyl (C=O) groups excluding carboxylic acids is 2. The molecule has 3 rings (SSSR count). The van der Waals surface area contributed by atoms with Gasteiger partial charge in [0.2, 0.25) is 0 Å². The molecule has 0 aromatic heterocycles. The first-order valence-electron chi connectivity index (χ1n) is 5.53. The van der Waals surface area contributed by atoms with Crippen molar-refractivity contribution in [3.63, 3.8) is 0 Å². The Bertz CT molecular complexity index is 695. The van der Waals surface area contributed by atoms with Gasteiger partial charge < -0.3 is 0 Å². The zero-order valence-electron chi connectivity index (χ0n) is 9.62. The second-order valence-electron chi connectivity index (χ2n) is 4.04. The summed E-state index contributed by atoms with van der Waals surface area (Å²) in [5.74, 6) is -0.174. The molecule has 0 radical (unpaired) electrons. The molecule has 2 aromatic rings. The predicted molar refractivity (Wildman–Crippen MR) is 82.2 cm³/mol. The second-order valence-corrected chi connectivity index (χ2v) is 7.08. The highest BCUT2D eigenvalue weighted by atomic mass is 33.5. The van der Waals surface area contributed by atoms with Crippen LogP contribution in [-0.4, -0.2) is 11.6 Å². The molecule has 0 saturated carbocycles. The van der Waals surface area contributed by atoms with Crippen LogP contribution in [0.5, 0.6) is 0 Å². The van der Waals surface area contributed by atoms with Gasteiger partial charge in [0.15, 0.2) is 11.6 Å². The maximum Gasteiger partial charge on any atom is 0.195 e. The zero-order valence-corrected chi connectivity index (χ0v) is 12.1. The first kappa shape index (κ1) is 12.8. The van der Waals surface area contributed by atoms with Crippen molar-refractivity contribution in [2.75, 3.05) is 0 Å². The van der Waals surface area contributed by atoms with E-state index < -0.39 is 0 Å². The minimum atomic E-state index is -0.0873. The van der Waals surface area contributed by atoms with Gasteiger partial charge in [-0.05, 0) is 26.7 Å². The number of fused-ring (bicyclic) bond motifs is 2. The summed E-state index contributed by atoms with van der Waals surface area (Å²) >= 11 is 4.09. The van der Waals surface area contributed by atoms with E-state index in [1.165, 1.54) is 20.6 Å². The lowest BCUT2D eigenvalue weighted by atomic mass is 9.84. The number of ketones is 2. The van der Waals surface area contributed by atoms with Crippen LogP contribution >= 0.6 is 32.3 Å². The Balaban J connectivity index is 2.27. The Kier molecular flexibility index (Phi) is 3.43. The molecule has 0 N–H and O–H groups in total. The van der Waals surface area contributed by atoms with Crippen molar-refractivity contribution in [2.24, 2.45) is 0 Å². The fraction of sp³-hybridized carbons (Fsp3) is 0. The molecule has 5 heteroatoms. The second kappa shape index (κ2) is 5.07. The topological polar surface area (TPSA) is 34.1 Å². The van der Waals surface area contributed by atoms with Crippen molar-refractivity contribution >= 4 is 43.8 Å². The summed E-state index contributed by atoms with van der Waals surface area (Å²) in [6.07, 6.45) is 0. The van der Waals surface area contributed by atoms with Crippen LogP contribution in [0.25, 0.3) is 0 Å². The molecule has 2 nitrogen and oxygen atoms in total. The van der Waals surface area contributed by atoms with Crippen LogP contribution in [-0.2, 0) is 0 Å². The lowest BCUT2D eigenvalue weighted by Crippen LogP contribution is -2.21. The number of hydrogen-bond acceptors (Lipinski definition) is 5. The molecular weight excluding hydrogens is 296 g/mol. The molecule has 1 aliphatic rings. The molecule has 0 aliphatic heterocycles. The largest absolute Gasteiger partial charge is 0.289 e. The summed E-state index contributed by atoms with van der Waals surface area (Å²) in [7, 11) is 2.64. The van der Waals surface area contributed by atoms with E-state index in [1.54, 1.807) is 36.4 Å². The molecule has 0 atom stereocenters. The van der Waals surface area contributed by atoms with E-state index in [0.717, 1.165) is 4.90 Å². The molecule has 2 aromatic carbocycles. The number of rotatable bonds is 2. The Morgan fingerprint density at radius 1 is 0.789 bits per heavy atom. The first-order chi connectivity index (χ1) is 9.24. The smallest absolute Gasteiger partial charge is 0.195 e. The van der Waals surface area contributed by atoms with Gasteiger partial charge in [-0.2, -0.15) is 0 Å². The van der Waals surface area contributed by atoms with Crippen molar-refractivity contribution in [2.45, 2.75) is 4.90 Å². The van der Waals surface area contributed by atoms with Crippen molar-refractivity contribution < 1.29 is 9.59 Å². The number of thiol groups is 1. The molecular formula is C14H8O2S3. The lowest BCUT2D eigenvalue weighted by Gasteiger charge is -2.19. The predicted octanol–water partition coefficient (Wildman–Crippen LogP) is 4.05. The molecule has 1 aliphatic carbocycles. The van der Waals surface area contributed by atoms with Gasteiger partial charge in [-0.3, -0.25) is 9.59 Å². The molecule has 19 heavy (non-hydrogen) atoms. The Hall–Kier alpha value is -1.17. The molecule has 0 unspecified atom stereocenters. The fourth-order valence-corrected chi connectivity index (χ4v) is 4.10. The molecule has 0 amide bonds. The van der Waals surface area contributed by atoms with Gasteiger partial charge in [0, 0.05) is 27.1 Å². The third-order valence-electron chi connectivity index (χ3n) is 3.04. The average Bonchev–Trinajstić information content (AvgIpc) is 2.45. The third-order valence-corrected chi connectivity index (χ3v) is 5.07. The van der Waals surface area contributed by atoms with Crippen LogP contribution in [0.15, 0.2) is 47.4 Å². The summed E-state index contributed by atoms with van der Waals surface area (Å²) < 4.78 is 0. The Labute approximate surface area is 123 Å². The van der Waals surface area contributed by atoms with Crippen molar-refractivity contribution in [1.29, 1.82) is 0 Å². The monoisotopic (exact) mass is 304 g/mol. The summed E-state index contributed by atoms with van der Waals surface area (Å²) in [5.41, 5.74) is 1.95. The fourth-order valence-electron chi connectivity index (χ4n) is 2.22. The van der Waals surface area contributed by atoms with E-state index in [9.17, 15) is 9.59 Å². The van der Waals surface area contributed by atoms with E-state index in [0.29, 0.717) is 22.3 Å². The number of benzene rings is 2. The van der Waals surface area contributed by atoms with Crippen molar-refractivity contribution in [1.82, 2.24) is 0 Å². The minimum Gasteiger partial charge on any atom is -0.289 e. The summed E-state index contributed by atoms with van der Waals surface area (Å²) in [4.78, 5) is 25.8. The number of carbonyl (C=O) groups is 2. The summed E-state index contributed by atoms with van der Waals surface area (Å²) in [6.45, 7) is 0. The van der Waals surface area contributed by atoms with Gasteiger partial charge in [-0.25, -0.2) is 0 Å². The van der Waals surface area contributed by atoms with Gasteiger partial charge in [0.05, 0.1) is 0 Å².